The molecule has 1 N–H and O–H groups in total. The zero-order valence-corrected chi connectivity index (χ0v) is 12.2. The summed E-state index contributed by atoms with van der Waals surface area (Å²) in [6.07, 6.45) is 2.50. The van der Waals surface area contributed by atoms with Crippen LogP contribution in [0.4, 0.5) is 5.69 Å². The Bertz CT molecular complexity index is 392. The molecule has 1 unspecified atom stereocenters. The summed E-state index contributed by atoms with van der Waals surface area (Å²) in [4.78, 5) is 2.55. The standard InChI is InChI=1S/C16H26N2/c1-16(2,3)15(17-4)12-18-11-7-9-13-8-5-6-10-14(13)18/h5-6,8,10,15,17H,7,9,11-12H2,1-4H3. The van der Waals surface area contributed by atoms with Crippen LogP contribution in [0.25, 0.3) is 0 Å². The minimum Gasteiger partial charge on any atom is -0.370 e. The molecule has 0 saturated carbocycles. The molecule has 1 aliphatic rings. The van der Waals surface area contributed by atoms with E-state index >= 15 is 0 Å². The SMILES string of the molecule is CNC(CN1CCCc2ccccc21)C(C)(C)C. The number of fused-ring (bicyclic) bond motifs is 1. The van der Waals surface area contributed by atoms with Gasteiger partial charge in [0, 0.05) is 24.8 Å². The molecule has 0 fully saturated rings. The summed E-state index contributed by atoms with van der Waals surface area (Å²) in [5.41, 5.74) is 3.24. The monoisotopic (exact) mass is 246 g/mol. The normalized spacial score (nSPS) is 17.4. The lowest BCUT2D eigenvalue weighted by Crippen LogP contribution is -2.48. The van der Waals surface area contributed by atoms with Crippen LogP contribution in [0.1, 0.15) is 32.8 Å². The molecular weight excluding hydrogens is 220 g/mol. The molecule has 2 heteroatoms. The molecule has 1 heterocycles. The average molecular weight is 246 g/mol. The van der Waals surface area contributed by atoms with Gasteiger partial charge in [-0.3, -0.25) is 0 Å². The molecule has 1 aliphatic heterocycles. The minimum atomic E-state index is 0.293. The van der Waals surface area contributed by atoms with Crippen LogP contribution in [-0.4, -0.2) is 26.2 Å². The minimum absolute atomic E-state index is 0.293. The molecule has 0 amide bonds. The van der Waals surface area contributed by atoms with E-state index in [9.17, 15) is 0 Å². The van der Waals surface area contributed by atoms with Crippen molar-refractivity contribution in [3.8, 4) is 0 Å². The second-order valence-electron chi connectivity index (χ2n) is 6.39. The largest absolute Gasteiger partial charge is 0.370 e. The van der Waals surface area contributed by atoms with Crippen LogP contribution < -0.4 is 10.2 Å². The average Bonchev–Trinajstić information content (AvgIpc) is 2.34. The van der Waals surface area contributed by atoms with Gasteiger partial charge in [0.2, 0.25) is 0 Å². The quantitative estimate of drug-likeness (QED) is 0.881. The first kappa shape index (κ1) is 13.4. The van der Waals surface area contributed by atoms with Gasteiger partial charge in [0.15, 0.2) is 0 Å². The Kier molecular flexibility index (Phi) is 3.96. The van der Waals surface area contributed by atoms with E-state index in [0.717, 1.165) is 6.54 Å². The van der Waals surface area contributed by atoms with Crippen LogP contribution >= 0.6 is 0 Å². The summed E-state index contributed by atoms with van der Waals surface area (Å²) in [5, 5.41) is 3.48. The van der Waals surface area contributed by atoms with E-state index in [1.54, 1.807) is 0 Å². The van der Waals surface area contributed by atoms with E-state index in [1.807, 2.05) is 0 Å². The fourth-order valence-corrected chi connectivity index (χ4v) is 2.82. The second kappa shape index (κ2) is 5.31. The molecule has 100 valence electrons. The van der Waals surface area contributed by atoms with Gasteiger partial charge in [-0.2, -0.15) is 0 Å². The van der Waals surface area contributed by atoms with E-state index in [4.69, 9.17) is 0 Å². The van der Waals surface area contributed by atoms with E-state index < -0.39 is 0 Å². The van der Waals surface area contributed by atoms with E-state index in [0.29, 0.717) is 11.5 Å². The fourth-order valence-electron chi connectivity index (χ4n) is 2.82. The van der Waals surface area contributed by atoms with Gasteiger partial charge in [0.1, 0.15) is 0 Å². The Morgan fingerprint density at radius 2 is 2.00 bits per heavy atom. The number of anilines is 1. The zero-order chi connectivity index (χ0) is 13.2. The first-order valence-electron chi connectivity index (χ1n) is 7.02. The summed E-state index contributed by atoms with van der Waals surface area (Å²) < 4.78 is 0. The van der Waals surface area contributed by atoms with Crippen LogP contribution in [0, 0.1) is 5.41 Å². The van der Waals surface area contributed by atoms with E-state index in [2.05, 4.69) is 62.3 Å². The molecule has 2 rings (SSSR count). The second-order valence-corrected chi connectivity index (χ2v) is 6.39. The molecule has 0 aliphatic carbocycles. The summed E-state index contributed by atoms with van der Waals surface area (Å²) in [6, 6.07) is 9.37. The van der Waals surface area contributed by atoms with Crippen LogP contribution in [0.5, 0.6) is 0 Å². The Labute approximate surface area is 111 Å². The topological polar surface area (TPSA) is 15.3 Å². The first-order chi connectivity index (χ1) is 8.52. The first-order valence-corrected chi connectivity index (χ1v) is 7.02. The van der Waals surface area contributed by atoms with Crippen molar-refractivity contribution in [2.75, 3.05) is 25.0 Å². The predicted molar refractivity (Wildman–Crippen MR) is 79.3 cm³/mol. The summed E-state index contributed by atoms with van der Waals surface area (Å²) >= 11 is 0. The summed E-state index contributed by atoms with van der Waals surface area (Å²) in [7, 11) is 2.08. The number of aryl methyl sites for hydroxylation is 1. The lowest BCUT2D eigenvalue weighted by atomic mass is 9.86. The number of rotatable bonds is 3. The van der Waals surface area contributed by atoms with Crippen molar-refractivity contribution in [3.05, 3.63) is 29.8 Å². The van der Waals surface area contributed by atoms with Gasteiger partial charge >= 0.3 is 0 Å². The van der Waals surface area contributed by atoms with Crippen LogP contribution in [-0.2, 0) is 6.42 Å². The van der Waals surface area contributed by atoms with Crippen molar-refractivity contribution in [3.63, 3.8) is 0 Å². The van der Waals surface area contributed by atoms with Gasteiger partial charge in [-0.05, 0) is 36.9 Å². The number of hydrogen-bond acceptors (Lipinski definition) is 2. The maximum atomic E-state index is 3.48. The van der Waals surface area contributed by atoms with Gasteiger partial charge in [0.25, 0.3) is 0 Å². The predicted octanol–water partition coefficient (Wildman–Crippen LogP) is 3.07. The molecule has 1 atom stereocenters. The number of benzene rings is 1. The highest BCUT2D eigenvalue weighted by molar-refractivity contribution is 5.55. The zero-order valence-electron chi connectivity index (χ0n) is 12.2. The maximum absolute atomic E-state index is 3.48. The highest BCUT2D eigenvalue weighted by Gasteiger charge is 2.27. The molecular formula is C16H26N2. The Hall–Kier alpha value is -1.02. The molecule has 1 aromatic rings. The van der Waals surface area contributed by atoms with Crippen LogP contribution in [0.15, 0.2) is 24.3 Å². The summed E-state index contributed by atoms with van der Waals surface area (Å²) in [5.74, 6) is 0. The molecule has 18 heavy (non-hydrogen) atoms. The number of para-hydroxylation sites is 1. The van der Waals surface area contributed by atoms with Gasteiger partial charge in [-0.25, -0.2) is 0 Å². The van der Waals surface area contributed by atoms with Crippen molar-refractivity contribution in [2.24, 2.45) is 5.41 Å². The highest BCUT2D eigenvalue weighted by atomic mass is 15.2. The third-order valence-corrected chi connectivity index (χ3v) is 4.00. The lowest BCUT2D eigenvalue weighted by molar-refractivity contribution is 0.282. The van der Waals surface area contributed by atoms with E-state index in [-0.39, 0.29) is 0 Å². The maximum Gasteiger partial charge on any atom is 0.0399 e. The van der Waals surface area contributed by atoms with Crippen molar-refractivity contribution in [1.29, 1.82) is 0 Å². The number of nitrogens with zero attached hydrogens (tertiary/aromatic N) is 1. The lowest BCUT2D eigenvalue weighted by Gasteiger charge is -2.38. The highest BCUT2D eigenvalue weighted by Crippen LogP contribution is 2.29. The van der Waals surface area contributed by atoms with Crippen molar-refractivity contribution in [1.82, 2.24) is 5.32 Å². The van der Waals surface area contributed by atoms with Crippen LogP contribution in [0.2, 0.25) is 0 Å². The Morgan fingerprint density at radius 1 is 1.28 bits per heavy atom. The Balaban J connectivity index is 2.16. The third-order valence-electron chi connectivity index (χ3n) is 4.00. The number of nitrogens with one attached hydrogen (secondary N) is 1. The molecule has 0 bridgehead atoms. The van der Waals surface area contributed by atoms with Crippen molar-refractivity contribution >= 4 is 5.69 Å². The molecule has 0 radical (unpaired) electrons. The molecule has 0 spiro atoms. The molecule has 2 nitrogen and oxygen atoms in total. The molecule has 0 aromatic heterocycles. The fraction of sp³-hybridized carbons (Fsp3) is 0.625. The third kappa shape index (κ3) is 2.86. The van der Waals surface area contributed by atoms with Crippen LogP contribution in [0.3, 0.4) is 0 Å². The number of hydrogen-bond donors (Lipinski definition) is 1. The number of likely N-dealkylation sites (N-methyl/N-ethyl adjacent to an activating group) is 1. The van der Waals surface area contributed by atoms with E-state index in [1.165, 1.54) is 30.6 Å². The molecule has 0 saturated heterocycles. The smallest absolute Gasteiger partial charge is 0.0399 e. The Morgan fingerprint density at radius 3 is 2.67 bits per heavy atom. The van der Waals surface area contributed by atoms with Gasteiger partial charge in [0.05, 0.1) is 0 Å². The van der Waals surface area contributed by atoms with Gasteiger partial charge in [-0.15, -0.1) is 0 Å². The van der Waals surface area contributed by atoms with Crippen molar-refractivity contribution in [2.45, 2.75) is 39.7 Å². The molecule has 1 aromatic carbocycles. The van der Waals surface area contributed by atoms with Gasteiger partial charge < -0.3 is 10.2 Å². The van der Waals surface area contributed by atoms with Crippen molar-refractivity contribution < 1.29 is 0 Å². The van der Waals surface area contributed by atoms with Gasteiger partial charge in [-0.1, -0.05) is 39.0 Å². The summed E-state index contributed by atoms with van der Waals surface area (Å²) in [6.45, 7) is 9.21.